The number of nitrogens with zero attached hydrogens (tertiary/aromatic N) is 1. The Labute approximate surface area is 167 Å². The van der Waals surface area contributed by atoms with Gasteiger partial charge in [-0.15, -0.1) is 11.3 Å². The summed E-state index contributed by atoms with van der Waals surface area (Å²) in [4.78, 5) is 50.5. The number of ether oxygens (including phenoxy) is 1. The van der Waals surface area contributed by atoms with Gasteiger partial charge in [0.25, 0.3) is 11.8 Å². The Hall–Kier alpha value is -3.00. The molecule has 148 valence electrons. The number of aryl methyl sites for hydroxylation is 1. The summed E-state index contributed by atoms with van der Waals surface area (Å²) in [5, 5.41) is 2.58. The number of carbonyl (C=O) groups excluding carboxylic acids is 4. The van der Waals surface area contributed by atoms with Gasteiger partial charge in [0.05, 0.1) is 11.3 Å². The van der Waals surface area contributed by atoms with Crippen molar-refractivity contribution in [3.8, 4) is 0 Å². The van der Waals surface area contributed by atoms with E-state index in [4.69, 9.17) is 4.74 Å². The number of nitrogens with one attached hydrogen (secondary N) is 1. The molecule has 28 heavy (non-hydrogen) atoms. The fourth-order valence-electron chi connectivity index (χ4n) is 2.29. The first kappa shape index (κ1) is 21.3. The average Bonchev–Trinajstić information content (AvgIpc) is 3.11. The second-order valence-corrected chi connectivity index (χ2v) is 7.61. The third kappa shape index (κ3) is 6.31. The zero-order valence-electron chi connectivity index (χ0n) is 16.0. The summed E-state index contributed by atoms with van der Waals surface area (Å²) in [6.07, 6.45) is -0.0355. The lowest BCUT2D eigenvalue weighted by atomic mass is 10.2. The maximum atomic E-state index is 12.0. The molecule has 2 amide bonds. The number of thiophene rings is 1. The van der Waals surface area contributed by atoms with E-state index in [0.717, 1.165) is 4.88 Å². The topological polar surface area (TPSA) is 92.8 Å². The van der Waals surface area contributed by atoms with Crippen molar-refractivity contribution >= 4 is 40.6 Å². The molecule has 0 spiro atoms. The van der Waals surface area contributed by atoms with Crippen molar-refractivity contribution < 1.29 is 23.9 Å². The number of anilines is 1. The molecule has 1 aromatic carbocycles. The second-order valence-electron chi connectivity index (χ2n) is 6.32. The summed E-state index contributed by atoms with van der Waals surface area (Å²) in [5.41, 5.74) is 0.986. The van der Waals surface area contributed by atoms with Crippen LogP contribution in [0.3, 0.4) is 0 Å². The van der Waals surface area contributed by atoms with E-state index >= 15 is 0 Å². The highest BCUT2D eigenvalue weighted by Gasteiger charge is 2.13. The van der Waals surface area contributed by atoms with Gasteiger partial charge in [-0.05, 0) is 43.3 Å². The van der Waals surface area contributed by atoms with Crippen molar-refractivity contribution in [3.05, 3.63) is 51.7 Å². The van der Waals surface area contributed by atoms with E-state index in [1.54, 1.807) is 44.4 Å². The standard InChI is InChI=1S/C20H22N2O5S/c1-13-4-10-17(28-13)16(23)9-11-19(25)27-12-18(24)21-15-7-5-14(6-8-15)20(26)22(2)3/h4-8,10H,9,11-12H2,1-3H3,(H,21,24). The molecule has 0 fully saturated rings. The third-order valence-electron chi connectivity index (χ3n) is 3.76. The number of amides is 2. The lowest BCUT2D eigenvalue weighted by Crippen LogP contribution is -2.22. The van der Waals surface area contributed by atoms with Gasteiger partial charge in [0, 0.05) is 36.6 Å². The van der Waals surface area contributed by atoms with Gasteiger partial charge in [0.1, 0.15) is 0 Å². The number of Topliss-reactive ketones (excluding diaryl/α,β-unsaturated/α-hetero) is 1. The number of rotatable bonds is 8. The molecule has 1 N–H and O–H groups in total. The molecule has 0 radical (unpaired) electrons. The lowest BCUT2D eigenvalue weighted by Gasteiger charge is -2.11. The van der Waals surface area contributed by atoms with Crippen LogP contribution in [0.25, 0.3) is 0 Å². The first-order valence-corrected chi connectivity index (χ1v) is 9.44. The molecular weight excluding hydrogens is 380 g/mol. The average molecular weight is 402 g/mol. The third-order valence-corrected chi connectivity index (χ3v) is 4.80. The Morgan fingerprint density at radius 1 is 1.00 bits per heavy atom. The molecule has 0 aliphatic carbocycles. The first-order chi connectivity index (χ1) is 13.3. The predicted octanol–water partition coefficient (Wildman–Crippen LogP) is 2.90. The van der Waals surface area contributed by atoms with Gasteiger partial charge in [-0.1, -0.05) is 0 Å². The fraction of sp³-hybridized carbons (Fsp3) is 0.300. The predicted molar refractivity (Wildman–Crippen MR) is 107 cm³/mol. The zero-order valence-corrected chi connectivity index (χ0v) is 16.8. The number of ketones is 1. The summed E-state index contributed by atoms with van der Waals surface area (Å²) in [5.74, 6) is -1.37. The van der Waals surface area contributed by atoms with E-state index in [9.17, 15) is 19.2 Å². The smallest absolute Gasteiger partial charge is 0.306 e. The highest BCUT2D eigenvalue weighted by Crippen LogP contribution is 2.17. The molecule has 0 saturated heterocycles. The van der Waals surface area contributed by atoms with Crippen LogP contribution in [0.2, 0.25) is 0 Å². The van der Waals surface area contributed by atoms with Crippen LogP contribution in [0, 0.1) is 6.92 Å². The van der Waals surface area contributed by atoms with E-state index in [2.05, 4.69) is 5.32 Å². The van der Waals surface area contributed by atoms with E-state index in [1.807, 2.05) is 13.0 Å². The number of benzene rings is 1. The van der Waals surface area contributed by atoms with Gasteiger partial charge < -0.3 is 15.0 Å². The summed E-state index contributed by atoms with van der Waals surface area (Å²) >= 11 is 1.38. The molecule has 0 aliphatic rings. The summed E-state index contributed by atoms with van der Waals surface area (Å²) in [6.45, 7) is 1.46. The highest BCUT2D eigenvalue weighted by molar-refractivity contribution is 7.14. The Bertz CT molecular complexity index is 871. The Morgan fingerprint density at radius 3 is 2.25 bits per heavy atom. The van der Waals surface area contributed by atoms with Crippen molar-refractivity contribution in [2.24, 2.45) is 0 Å². The van der Waals surface area contributed by atoms with Gasteiger partial charge in [-0.2, -0.15) is 0 Å². The van der Waals surface area contributed by atoms with Crippen molar-refractivity contribution in [1.29, 1.82) is 0 Å². The number of carbonyl (C=O) groups is 4. The number of esters is 1. The van der Waals surface area contributed by atoms with E-state index in [0.29, 0.717) is 16.1 Å². The van der Waals surface area contributed by atoms with Gasteiger partial charge in [-0.25, -0.2) is 0 Å². The van der Waals surface area contributed by atoms with Crippen LogP contribution >= 0.6 is 11.3 Å². The minimum absolute atomic E-state index is 0.0434. The number of hydrogen-bond donors (Lipinski definition) is 1. The van der Waals surface area contributed by atoms with Crippen LogP contribution in [0.4, 0.5) is 5.69 Å². The Morgan fingerprint density at radius 2 is 1.68 bits per heavy atom. The molecule has 0 unspecified atom stereocenters. The maximum Gasteiger partial charge on any atom is 0.306 e. The Kier molecular flexibility index (Phi) is 7.45. The van der Waals surface area contributed by atoms with Crippen LogP contribution in [-0.2, 0) is 14.3 Å². The number of hydrogen-bond acceptors (Lipinski definition) is 6. The van der Waals surface area contributed by atoms with E-state index in [-0.39, 0.29) is 24.5 Å². The molecule has 7 nitrogen and oxygen atoms in total. The van der Waals surface area contributed by atoms with Crippen molar-refractivity contribution in [1.82, 2.24) is 4.90 Å². The zero-order chi connectivity index (χ0) is 20.7. The van der Waals surface area contributed by atoms with Crippen LogP contribution < -0.4 is 5.32 Å². The van der Waals surface area contributed by atoms with E-state index < -0.39 is 18.5 Å². The molecule has 0 atom stereocenters. The van der Waals surface area contributed by atoms with Gasteiger partial charge in [0.15, 0.2) is 12.4 Å². The van der Waals surface area contributed by atoms with E-state index in [1.165, 1.54) is 16.2 Å². The molecule has 2 aromatic rings. The minimum atomic E-state index is -0.608. The van der Waals surface area contributed by atoms with Gasteiger partial charge in [0.2, 0.25) is 0 Å². The summed E-state index contributed by atoms with van der Waals surface area (Å²) < 4.78 is 4.90. The second kappa shape index (κ2) is 9.80. The molecule has 8 heteroatoms. The molecular formula is C20H22N2O5S. The van der Waals surface area contributed by atoms with Gasteiger partial charge >= 0.3 is 5.97 Å². The highest BCUT2D eigenvalue weighted by atomic mass is 32.1. The minimum Gasteiger partial charge on any atom is -0.456 e. The fourth-order valence-corrected chi connectivity index (χ4v) is 3.13. The summed E-state index contributed by atoms with van der Waals surface area (Å²) in [6, 6.07) is 9.97. The SMILES string of the molecule is Cc1ccc(C(=O)CCC(=O)OCC(=O)Nc2ccc(C(=O)N(C)C)cc2)s1. The van der Waals surface area contributed by atoms with Crippen LogP contribution in [0.1, 0.15) is 37.7 Å². The monoisotopic (exact) mass is 402 g/mol. The molecule has 1 heterocycles. The lowest BCUT2D eigenvalue weighted by molar-refractivity contribution is -0.147. The van der Waals surface area contributed by atoms with Crippen LogP contribution in [0.5, 0.6) is 0 Å². The molecule has 0 saturated carbocycles. The normalized spacial score (nSPS) is 10.2. The molecule has 1 aromatic heterocycles. The molecule has 2 rings (SSSR count). The van der Waals surface area contributed by atoms with Gasteiger partial charge in [-0.3, -0.25) is 19.2 Å². The maximum absolute atomic E-state index is 12.0. The summed E-state index contributed by atoms with van der Waals surface area (Å²) in [7, 11) is 3.31. The quantitative estimate of drug-likeness (QED) is 0.541. The van der Waals surface area contributed by atoms with Crippen molar-refractivity contribution in [2.45, 2.75) is 19.8 Å². The molecule has 0 aliphatic heterocycles. The van der Waals surface area contributed by atoms with Crippen LogP contribution in [-0.4, -0.2) is 49.2 Å². The largest absolute Gasteiger partial charge is 0.456 e. The van der Waals surface area contributed by atoms with Crippen molar-refractivity contribution in [2.75, 3.05) is 26.0 Å². The van der Waals surface area contributed by atoms with Crippen molar-refractivity contribution in [3.63, 3.8) is 0 Å². The van der Waals surface area contributed by atoms with Crippen LogP contribution in [0.15, 0.2) is 36.4 Å². The first-order valence-electron chi connectivity index (χ1n) is 8.63. The molecule has 0 bridgehead atoms. The Balaban J connectivity index is 1.73.